The molecule has 0 aliphatic carbocycles. The summed E-state index contributed by atoms with van der Waals surface area (Å²) in [4.78, 5) is 0. The minimum absolute atomic E-state index is 0.0258. The molecule has 1 heterocycles. The van der Waals surface area contributed by atoms with E-state index in [1.165, 1.54) is 6.07 Å². The Kier molecular flexibility index (Phi) is 5.26. The Morgan fingerprint density at radius 1 is 1.29 bits per heavy atom. The van der Waals surface area contributed by atoms with Crippen molar-refractivity contribution >= 4 is 11.6 Å². The Morgan fingerprint density at radius 3 is 2.71 bits per heavy atom. The van der Waals surface area contributed by atoms with Crippen molar-refractivity contribution in [1.82, 2.24) is 15.5 Å². The number of nitrogens with one attached hydrogen (secondary N) is 1. The first kappa shape index (κ1) is 15.9. The molecule has 0 saturated heterocycles. The highest BCUT2D eigenvalue weighted by Crippen LogP contribution is 2.24. The summed E-state index contributed by atoms with van der Waals surface area (Å²) in [6.45, 7) is 3.94. The molecule has 1 atom stereocenters. The van der Waals surface area contributed by atoms with Gasteiger partial charge in [0.25, 0.3) is 0 Å². The summed E-state index contributed by atoms with van der Waals surface area (Å²) in [5, 5.41) is 12.1. The maximum Gasteiger partial charge on any atom is 0.126 e. The van der Waals surface area contributed by atoms with Crippen LogP contribution in [0.4, 0.5) is 4.39 Å². The molecule has 2 aromatic rings. The van der Waals surface area contributed by atoms with Crippen LogP contribution >= 0.6 is 11.6 Å². The summed E-state index contributed by atoms with van der Waals surface area (Å²) in [5.74, 6) is -0.239. The average Bonchev–Trinajstić information content (AvgIpc) is 2.48. The zero-order valence-electron chi connectivity index (χ0n) is 12.5. The van der Waals surface area contributed by atoms with Crippen molar-refractivity contribution in [2.45, 2.75) is 32.7 Å². The quantitative estimate of drug-likeness (QED) is 0.916. The SMILES string of the molecule is CCc1nnc(C)cc1C(Cc1cc(Cl)ccc1F)NC. The Morgan fingerprint density at radius 2 is 2.05 bits per heavy atom. The van der Waals surface area contributed by atoms with Gasteiger partial charge in [0.05, 0.1) is 11.4 Å². The van der Waals surface area contributed by atoms with Gasteiger partial charge in [-0.15, -0.1) is 0 Å². The van der Waals surface area contributed by atoms with Crippen molar-refractivity contribution in [3.05, 3.63) is 57.6 Å². The molecule has 1 aromatic carbocycles. The first-order chi connectivity index (χ1) is 10.0. The fourth-order valence-corrected chi connectivity index (χ4v) is 2.59. The Balaban J connectivity index is 2.36. The number of rotatable bonds is 5. The molecule has 1 unspecified atom stereocenters. The molecular weight excluding hydrogens is 289 g/mol. The van der Waals surface area contributed by atoms with E-state index in [0.717, 1.165) is 23.4 Å². The molecule has 0 aliphatic heterocycles. The normalized spacial score (nSPS) is 12.4. The van der Waals surface area contributed by atoms with Crippen LogP contribution in [0.2, 0.25) is 5.02 Å². The Hall–Kier alpha value is -1.52. The maximum absolute atomic E-state index is 13.9. The summed E-state index contributed by atoms with van der Waals surface area (Å²) in [5.41, 5.74) is 3.45. The third-order valence-corrected chi connectivity index (χ3v) is 3.75. The molecule has 3 nitrogen and oxygen atoms in total. The molecule has 2 rings (SSSR count). The molecule has 0 bridgehead atoms. The highest BCUT2D eigenvalue weighted by Gasteiger charge is 2.17. The number of benzene rings is 1. The second kappa shape index (κ2) is 6.96. The third kappa shape index (κ3) is 3.77. The van der Waals surface area contributed by atoms with Gasteiger partial charge in [-0.3, -0.25) is 0 Å². The molecule has 21 heavy (non-hydrogen) atoms. The Labute approximate surface area is 129 Å². The molecule has 1 aromatic heterocycles. The van der Waals surface area contributed by atoms with Crippen LogP contribution < -0.4 is 5.32 Å². The van der Waals surface area contributed by atoms with Gasteiger partial charge in [-0.1, -0.05) is 18.5 Å². The second-order valence-electron chi connectivity index (χ2n) is 5.02. The van der Waals surface area contributed by atoms with Crippen LogP contribution in [0.25, 0.3) is 0 Å². The van der Waals surface area contributed by atoms with Crippen molar-refractivity contribution in [2.24, 2.45) is 0 Å². The van der Waals surface area contributed by atoms with E-state index in [2.05, 4.69) is 15.5 Å². The van der Waals surface area contributed by atoms with Crippen LogP contribution in [-0.4, -0.2) is 17.2 Å². The fourth-order valence-electron chi connectivity index (χ4n) is 2.40. The smallest absolute Gasteiger partial charge is 0.126 e. The van der Waals surface area contributed by atoms with Crippen LogP contribution in [0.15, 0.2) is 24.3 Å². The van der Waals surface area contributed by atoms with Gasteiger partial charge in [-0.05, 0) is 62.2 Å². The van der Waals surface area contributed by atoms with Crippen molar-refractivity contribution in [2.75, 3.05) is 7.05 Å². The fraction of sp³-hybridized carbons (Fsp3) is 0.375. The van der Waals surface area contributed by atoms with Crippen molar-refractivity contribution in [1.29, 1.82) is 0 Å². The predicted molar refractivity (Wildman–Crippen MR) is 83.1 cm³/mol. The molecule has 0 amide bonds. The Bertz CT molecular complexity index is 631. The van der Waals surface area contributed by atoms with E-state index in [0.29, 0.717) is 17.0 Å². The number of hydrogen-bond acceptors (Lipinski definition) is 3. The number of nitrogens with zero attached hydrogens (tertiary/aromatic N) is 2. The lowest BCUT2D eigenvalue weighted by molar-refractivity contribution is 0.547. The lowest BCUT2D eigenvalue weighted by atomic mass is 9.96. The van der Waals surface area contributed by atoms with E-state index in [-0.39, 0.29) is 11.9 Å². The summed E-state index contributed by atoms with van der Waals surface area (Å²) < 4.78 is 13.9. The van der Waals surface area contributed by atoms with E-state index in [4.69, 9.17) is 11.6 Å². The molecule has 0 radical (unpaired) electrons. The molecule has 5 heteroatoms. The van der Waals surface area contributed by atoms with Crippen LogP contribution in [0.1, 0.15) is 35.5 Å². The summed E-state index contributed by atoms with van der Waals surface area (Å²) in [7, 11) is 1.86. The van der Waals surface area contributed by atoms with Crippen LogP contribution in [0.5, 0.6) is 0 Å². The molecule has 0 spiro atoms. The predicted octanol–water partition coefficient (Wildman–Crippen LogP) is 3.64. The average molecular weight is 308 g/mol. The number of halogens is 2. The minimum atomic E-state index is -0.239. The van der Waals surface area contributed by atoms with Crippen molar-refractivity contribution < 1.29 is 4.39 Å². The van der Waals surface area contributed by atoms with E-state index >= 15 is 0 Å². The molecule has 1 N–H and O–H groups in total. The van der Waals surface area contributed by atoms with E-state index in [1.54, 1.807) is 12.1 Å². The number of aryl methyl sites for hydroxylation is 2. The van der Waals surface area contributed by atoms with E-state index in [1.807, 2.05) is 27.0 Å². The van der Waals surface area contributed by atoms with Gasteiger partial charge < -0.3 is 5.32 Å². The number of hydrogen-bond donors (Lipinski definition) is 1. The number of aromatic nitrogens is 2. The molecule has 0 fully saturated rings. The topological polar surface area (TPSA) is 37.8 Å². The summed E-state index contributed by atoms with van der Waals surface area (Å²) >= 11 is 5.96. The first-order valence-corrected chi connectivity index (χ1v) is 7.37. The summed E-state index contributed by atoms with van der Waals surface area (Å²) in [6.07, 6.45) is 1.31. The second-order valence-corrected chi connectivity index (χ2v) is 5.46. The standard InChI is InChI=1S/C16H19ClFN3/c1-4-15-13(7-10(2)20-21-15)16(19-3)9-11-8-12(17)5-6-14(11)18/h5-8,16,19H,4,9H2,1-3H3. The first-order valence-electron chi connectivity index (χ1n) is 6.99. The van der Waals surface area contributed by atoms with Gasteiger partial charge in [0.15, 0.2) is 0 Å². The highest BCUT2D eigenvalue weighted by molar-refractivity contribution is 6.30. The zero-order valence-corrected chi connectivity index (χ0v) is 13.2. The van der Waals surface area contributed by atoms with Gasteiger partial charge in [0.1, 0.15) is 5.82 Å². The van der Waals surface area contributed by atoms with E-state index < -0.39 is 0 Å². The van der Waals surface area contributed by atoms with Gasteiger partial charge in [0.2, 0.25) is 0 Å². The van der Waals surface area contributed by atoms with Crippen LogP contribution in [-0.2, 0) is 12.8 Å². The minimum Gasteiger partial charge on any atom is -0.313 e. The summed E-state index contributed by atoms with van der Waals surface area (Å²) in [6, 6.07) is 6.62. The van der Waals surface area contributed by atoms with Crippen molar-refractivity contribution in [3.63, 3.8) is 0 Å². The van der Waals surface area contributed by atoms with Gasteiger partial charge in [-0.2, -0.15) is 10.2 Å². The zero-order chi connectivity index (χ0) is 15.4. The largest absolute Gasteiger partial charge is 0.313 e. The maximum atomic E-state index is 13.9. The lowest BCUT2D eigenvalue weighted by Gasteiger charge is -2.19. The lowest BCUT2D eigenvalue weighted by Crippen LogP contribution is -2.22. The molecular formula is C16H19ClFN3. The molecule has 112 valence electrons. The van der Waals surface area contributed by atoms with Crippen LogP contribution in [0, 0.1) is 12.7 Å². The highest BCUT2D eigenvalue weighted by atomic mass is 35.5. The number of likely N-dealkylation sites (N-methyl/N-ethyl adjacent to an activating group) is 1. The van der Waals surface area contributed by atoms with Gasteiger partial charge in [-0.25, -0.2) is 4.39 Å². The molecule has 0 aliphatic rings. The van der Waals surface area contributed by atoms with E-state index in [9.17, 15) is 4.39 Å². The monoisotopic (exact) mass is 307 g/mol. The van der Waals surface area contributed by atoms with Gasteiger partial charge in [0, 0.05) is 11.1 Å². The van der Waals surface area contributed by atoms with Gasteiger partial charge >= 0.3 is 0 Å². The third-order valence-electron chi connectivity index (χ3n) is 3.52. The van der Waals surface area contributed by atoms with Crippen molar-refractivity contribution in [3.8, 4) is 0 Å². The molecule has 0 saturated carbocycles. The van der Waals surface area contributed by atoms with Crippen LogP contribution in [0.3, 0.4) is 0 Å².